The summed E-state index contributed by atoms with van der Waals surface area (Å²) in [5.74, 6) is 0. The molecule has 0 nitrogen and oxygen atoms in total. The standard InChI is InChI=1S/C11H15/c1-4-10-7-6-9(3)11(5-2)8-10/h7-8H,4-5H2,1-3H3. The van der Waals surface area contributed by atoms with Gasteiger partial charge in [-0.2, -0.15) is 0 Å². The lowest BCUT2D eigenvalue weighted by atomic mass is 10.0. The minimum absolute atomic E-state index is 1.11. The molecule has 0 spiro atoms. The summed E-state index contributed by atoms with van der Waals surface area (Å²) in [6, 6.07) is 7.65. The first-order valence-corrected chi connectivity index (χ1v) is 4.28. The third-order valence-electron chi connectivity index (χ3n) is 2.10. The number of aryl methyl sites for hydroxylation is 3. The SMILES string of the molecule is CCc1c[c]c(C)c(CC)c1. The molecule has 1 aromatic rings. The van der Waals surface area contributed by atoms with Crippen molar-refractivity contribution in [2.45, 2.75) is 33.6 Å². The van der Waals surface area contributed by atoms with Crippen LogP contribution in [0.3, 0.4) is 0 Å². The van der Waals surface area contributed by atoms with Gasteiger partial charge in [-0.05, 0) is 42.5 Å². The van der Waals surface area contributed by atoms with Crippen molar-refractivity contribution < 1.29 is 0 Å². The van der Waals surface area contributed by atoms with E-state index in [1.54, 1.807) is 0 Å². The molecule has 0 saturated heterocycles. The Morgan fingerprint density at radius 2 is 2.00 bits per heavy atom. The zero-order chi connectivity index (χ0) is 8.27. The highest BCUT2D eigenvalue weighted by Gasteiger charge is 1.96. The maximum atomic E-state index is 3.27. The van der Waals surface area contributed by atoms with Gasteiger partial charge in [-0.15, -0.1) is 0 Å². The van der Waals surface area contributed by atoms with Gasteiger partial charge in [0.1, 0.15) is 0 Å². The highest BCUT2D eigenvalue weighted by atomic mass is 14.0. The van der Waals surface area contributed by atoms with Gasteiger partial charge in [0.2, 0.25) is 0 Å². The van der Waals surface area contributed by atoms with Gasteiger partial charge < -0.3 is 0 Å². The molecule has 0 aromatic heterocycles. The number of benzene rings is 1. The van der Waals surface area contributed by atoms with E-state index in [9.17, 15) is 0 Å². The van der Waals surface area contributed by atoms with Crippen LogP contribution in [-0.4, -0.2) is 0 Å². The molecule has 0 heteroatoms. The summed E-state index contributed by atoms with van der Waals surface area (Å²) in [6.45, 7) is 6.49. The summed E-state index contributed by atoms with van der Waals surface area (Å²) in [7, 11) is 0. The van der Waals surface area contributed by atoms with Gasteiger partial charge in [-0.25, -0.2) is 0 Å². The molecule has 0 heterocycles. The van der Waals surface area contributed by atoms with Gasteiger partial charge in [0.05, 0.1) is 0 Å². The van der Waals surface area contributed by atoms with Gasteiger partial charge in [0.25, 0.3) is 0 Å². The Hall–Kier alpha value is -0.780. The van der Waals surface area contributed by atoms with E-state index in [0.29, 0.717) is 0 Å². The van der Waals surface area contributed by atoms with Crippen molar-refractivity contribution in [1.29, 1.82) is 0 Å². The lowest BCUT2D eigenvalue weighted by molar-refractivity contribution is 1.06. The fourth-order valence-electron chi connectivity index (χ4n) is 1.24. The van der Waals surface area contributed by atoms with Crippen molar-refractivity contribution in [1.82, 2.24) is 0 Å². The average molecular weight is 147 g/mol. The fraction of sp³-hybridized carbons (Fsp3) is 0.455. The summed E-state index contributed by atoms with van der Waals surface area (Å²) >= 11 is 0. The van der Waals surface area contributed by atoms with Crippen LogP contribution in [0, 0.1) is 13.0 Å². The zero-order valence-electron chi connectivity index (χ0n) is 7.57. The average Bonchev–Trinajstić information content (AvgIpc) is 2.05. The second kappa shape index (κ2) is 3.56. The van der Waals surface area contributed by atoms with Crippen LogP contribution < -0.4 is 0 Å². The molecule has 0 unspecified atom stereocenters. The molecule has 59 valence electrons. The third-order valence-corrected chi connectivity index (χ3v) is 2.10. The van der Waals surface area contributed by atoms with Gasteiger partial charge in [0, 0.05) is 0 Å². The van der Waals surface area contributed by atoms with Crippen LogP contribution in [0.2, 0.25) is 0 Å². The van der Waals surface area contributed by atoms with Crippen molar-refractivity contribution in [3.05, 3.63) is 34.9 Å². The Labute approximate surface area is 69.3 Å². The normalized spacial score (nSPS) is 10.1. The Morgan fingerprint density at radius 3 is 2.55 bits per heavy atom. The van der Waals surface area contributed by atoms with E-state index >= 15 is 0 Å². The summed E-state index contributed by atoms with van der Waals surface area (Å²) in [5.41, 5.74) is 4.13. The zero-order valence-corrected chi connectivity index (χ0v) is 7.57. The van der Waals surface area contributed by atoms with Crippen LogP contribution in [-0.2, 0) is 12.8 Å². The lowest BCUT2D eigenvalue weighted by Crippen LogP contribution is -1.89. The molecular formula is C11H15. The van der Waals surface area contributed by atoms with Crippen LogP contribution in [0.1, 0.15) is 30.5 Å². The molecule has 0 aliphatic rings. The predicted octanol–water partition coefficient (Wildman–Crippen LogP) is 2.92. The summed E-state index contributed by atoms with van der Waals surface area (Å²) in [5, 5.41) is 0. The van der Waals surface area contributed by atoms with E-state index in [0.717, 1.165) is 12.8 Å². The lowest BCUT2D eigenvalue weighted by Gasteiger charge is -2.03. The molecule has 0 amide bonds. The Morgan fingerprint density at radius 1 is 1.27 bits per heavy atom. The summed E-state index contributed by atoms with van der Waals surface area (Å²) in [4.78, 5) is 0. The minimum atomic E-state index is 1.11. The van der Waals surface area contributed by atoms with E-state index < -0.39 is 0 Å². The summed E-state index contributed by atoms with van der Waals surface area (Å²) < 4.78 is 0. The van der Waals surface area contributed by atoms with E-state index in [2.05, 4.69) is 39.0 Å². The number of rotatable bonds is 2. The number of hydrogen-bond donors (Lipinski definition) is 0. The molecule has 0 saturated carbocycles. The van der Waals surface area contributed by atoms with E-state index in [-0.39, 0.29) is 0 Å². The third kappa shape index (κ3) is 1.83. The van der Waals surface area contributed by atoms with Crippen LogP contribution in [0.4, 0.5) is 0 Å². The van der Waals surface area contributed by atoms with Crippen molar-refractivity contribution in [3.63, 3.8) is 0 Å². The maximum Gasteiger partial charge on any atom is -0.0146 e. The van der Waals surface area contributed by atoms with Crippen LogP contribution in [0.25, 0.3) is 0 Å². The first kappa shape index (κ1) is 8.32. The van der Waals surface area contributed by atoms with E-state index in [1.165, 1.54) is 16.7 Å². The van der Waals surface area contributed by atoms with Crippen molar-refractivity contribution in [2.75, 3.05) is 0 Å². The molecule has 1 rings (SSSR count). The van der Waals surface area contributed by atoms with Gasteiger partial charge in [-0.3, -0.25) is 0 Å². The first-order valence-electron chi connectivity index (χ1n) is 4.28. The molecule has 0 aliphatic carbocycles. The molecule has 1 radical (unpaired) electrons. The Bertz CT molecular complexity index is 236. The second-order valence-corrected chi connectivity index (χ2v) is 2.87. The minimum Gasteiger partial charge on any atom is -0.0613 e. The van der Waals surface area contributed by atoms with Gasteiger partial charge >= 0.3 is 0 Å². The Kier molecular flexibility index (Phi) is 2.70. The molecule has 11 heavy (non-hydrogen) atoms. The van der Waals surface area contributed by atoms with Crippen LogP contribution >= 0.6 is 0 Å². The molecule has 0 fully saturated rings. The summed E-state index contributed by atoms with van der Waals surface area (Å²) in [6.07, 6.45) is 2.24. The largest absolute Gasteiger partial charge is 0.0613 e. The van der Waals surface area contributed by atoms with Crippen LogP contribution in [0.5, 0.6) is 0 Å². The van der Waals surface area contributed by atoms with Crippen molar-refractivity contribution in [2.24, 2.45) is 0 Å². The highest BCUT2D eigenvalue weighted by molar-refractivity contribution is 5.29. The topological polar surface area (TPSA) is 0 Å². The van der Waals surface area contributed by atoms with E-state index in [4.69, 9.17) is 0 Å². The van der Waals surface area contributed by atoms with Crippen LogP contribution in [0.15, 0.2) is 12.1 Å². The predicted molar refractivity (Wildman–Crippen MR) is 48.8 cm³/mol. The molecule has 1 aromatic carbocycles. The first-order chi connectivity index (χ1) is 5.27. The molecule has 0 bridgehead atoms. The van der Waals surface area contributed by atoms with Gasteiger partial charge in [-0.1, -0.05) is 26.0 Å². The van der Waals surface area contributed by atoms with E-state index in [1.807, 2.05) is 0 Å². The monoisotopic (exact) mass is 147 g/mol. The quantitative estimate of drug-likeness (QED) is 0.603. The molecule has 0 N–H and O–H groups in total. The second-order valence-electron chi connectivity index (χ2n) is 2.87. The molecule has 0 aliphatic heterocycles. The highest BCUT2D eigenvalue weighted by Crippen LogP contribution is 2.11. The fourth-order valence-corrected chi connectivity index (χ4v) is 1.24. The van der Waals surface area contributed by atoms with Crippen molar-refractivity contribution >= 4 is 0 Å². The van der Waals surface area contributed by atoms with Gasteiger partial charge in [0.15, 0.2) is 0 Å². The number of hydrogen-bond acceptors (Lipinski definition) is 0. The maximum absolute atomic E-state index is 3.27. The molecular weight excluding hydrogens is 132 g/mol. The van der Waals surface area contributed by atoms with Crippen molar-refractivity contribution in [3.8, 4) is 0 Å². The molecule has 0 atom stereocenters. The Balaban J connectivity index is 3.02. The smallest absolute Gasteiger partial charge is 0.0146 e.